The van der Waals surface area contributed by atoms with Crippen LogP contribution in [0.5, 0.6) is 0 Å². The standard InChI is InChI=1S/C8H14N4O/c9-6(1-2-13)5-3-7(10)8(11)12-4-5/h3-4,6,13H,1-2,9-10H2,(H2,11,12)/t6-/m0/s1. The van der Waals surface area contributed by atoms with Gasteiger partial charge in [-0.25, -0.2) is 4.98 Å². The minimum atomic E-state index is -0.236. The minimum Gasteiger partial charge on any atom is -0.396 e. The first-order valence-electron chi connectivity index (χ1n) is 4.02. The van der Waals surface area contributed by atoms with E-state index in [1.54, 1.807) is 12.3 Å². The summed E-state index contributed by atoms with van der Waals surface area (Å²) in [4.78, 5) is 3.87. The fourth-order valence-corrected chi connectivity index (χ4v) is 1.02. The van der Waals surface area contributed by atoms with E-state index in [-0.39, 0.29) is 12.6 Å². The van der Waals surface area contributed by atoms with Crippen LogP contribution in [-0.4, -0.2) is 16.7 Å². The smallest absolute Gasteiger partial charge is 0.146 e. The van der Waals surface area contributed by atoms with Gasteiger partial charge in [-0.05, 0) is 18.1 Å². The van der Waals surface area contributed by atoms with Crippen LogP contribution in [0.3, 0.4) is 0 Å². The zero-order valence-corrected chi connectivity index (χ0v) is 7.27. The summed E-state index contributed by atoms with van der Waals surface area (Å²) in [5, 5.41) is 8.67. The molecule has 1 heterocycles. The predicted octanol–water partition coefficient (Wildman–Crippen LogP) is -0.372. The van der Waals surface area contributed by atoms with Crippen LogP contribution in [0.15, 0.2) is 12.3 Å². The van der Waals surface area contributed by atoms with Crippen molar-refractivity contribution in [3.8, 4) is 0 Å². The van der Waals surface area contributed by atoms with Gasteiger partial charge in [0.2, 0.25) is 0 Å². The molecule has 7 N–H and O–H groups in total. The molecule has 1 aromatic heterocycles. The summed E-state index contributed by atoms with van der Waals surface area (Å²) in [6, 6.07) is 1.45. The largest absolute Gasteiger partial charge is 0.396 e. The average Bonchev–Trinajstić information content (AvgIpc) is 2.10. The van der Waals surface area contributed by atoms with Crippen molar-refractivity contribution >= 4 is 11.5 Å². The highest BCUT2D eigenvalue weighted by atomic mass is 16.3. The molecule has 0 aromatic carbocycles. The van der Waals surface area contributed by atoms with E-state index in [1.807, 2.05) is 0 Å². The van der Waals surface area contributed by atoms with Crippen molar-refractivity contribution in [3.63, 3.8) is 0 Å². The maximum Gasteiger partial charge on any atom is 0.146 e. The van der Waals surface area contributed by atoms with E-state index >= 15 is 0 Å². The molecule has 1 rings (SSSR count). The van der Waals surface area contributed by atoms with Gasteiger partial charge >= 0.3 is 0 Å². The van der Waals surface area contributed by atoms with Crippen LogP contribution in [0.2, 0.25) is 0 Å². The Labute approximate surface area is 76.6 Å². The van der Waals surface area contributed by atoms with E-state index in [0.717, 1.165) is 5.56 Å². The van der Waals surface area contributed by atoms with Crippen LogP contribution >= 0.6 is 0 Å². The van der Waals surface area contributed by atoms with E-state index in [0.29, 0.717) is 17.9 Å². The van der Waals surface area contributed by atoms with Gasteiger partial charge in [-0.15, -0.1) is 0 Å². The molecule has 72 valence electrons. The number of aliphatic hydroxyl groups is 1. The lowest BCUT2D eigenvalue weighted by Crippen LogP contribution is -2.13. The lowest BCUT2D eigenvalue weighted by atomic mass is 10.1. The topological polar surface area (TPSA) is 111 Å². The summed E-state index contributed by atoms with van der Waals surface area (Å²) in [5.74, 6) is 0.306. The third-order valence-electron chi connectivity index (χ3n) is 1.84. The van der Waals surface area contributed by atoms with Gasteiger partial charge in [-0.1, -0.05) is 0 Å². The number of hydrogen-bond acceptors (Lipinski definition) is 5. The Morgan fingerprint density at radius 3 is 2.69 bits per heavy atom. The Morgan fingerprint density at radius 1 is 1.46 bits per heavy atom. The molecule has 0 bridgehead atoms. The molecule has 0 saturated heterocycles. The summed E-state index contributed by atoms with van der Waals surface area (Å²) in [6.45, 7) is 0.0471. The van der Waals surface area contributed by atoms with Crippen LogP contribution < -0.4 is 17.2 Å². The molecule has 0 unspecified atom stereocenters. The van der Waals surface area contributed by atoms with Crippen LogP contribution in [0.25, 0.3) is 0 Å². The van der Waals surface area contributed by atoms with Crippen LogP contribution in [0.1, 0.15) is 18.0 Å². The average molecular weight is 182 g/mol. The fourth-order valence-electron chi connectivity index (χ4n) is 1.02. The van der Waals surface area contributed by atoms with Gasteiger partial charge < -0.3 is 22.3 Å². The number of nitrogens with two attached hydrogens (primary N) is 3. The number of aliphatic hydroxyl groups excluding tert-OH is 1. The Bertz CT molecular complexity index is 289. The highest BCUT2D eigenvalue weighted by Crippen LogP contribution is 2.18. The molecule has 0 fully saturated rings. The third kappa shape index (κ3) is 2.30. The Kier molecular flexibility index (Phi) is 3.05. The number of pyridine rings is 1. The van der Waals surface area contributed by atoms with Gasteiger partial charge in [0.05, 0.1) is 5.69 Å². The highest BCUT2D eigenvalue weighted by molar-refractivity contribution is 5.58. The molecular formula is C8H14N4O. The molecule has 5 heteroatoms. The van der Waals surface area contributed by atoms with Crippen LogP contribution in [0, 0.1) is 0 Å². The van der Waals surface area contributed by atoms with Crippen molar-refractivity contribution in [3.05, 3.63) is 17.8 Å². The normalized spacial score (nSPS) is 12.8. The Morgan fingerprint density at radius 2 is 2.15 bits per heavy atom. The first-order valence-corrected chi connectivity index (χ1v) is 4.02. The van der Waals surface area contributed by atoms with Gasteiger partial charge in [-0.2, -0.15) is 0 Å². The summed E-state index contributed by atoms with van der Waals surface area (Å²) >= 11 is 0. The lowest BCUT2D eigenvalue weighted by Gasteiger charge is -2.10. The molecule has 0 radical (unpaired) electrons. The Balaban J connectivity index is 2.84. The second-order valence-corrected chi connectivity index (χ2v) is 2.86. The molecule has 0 aliphatic carbocycles. The second-order valence-electron chi connectivity index (χ2n) is 2.86. The first-order chi connectivity index (χ1) is 6.15. The van der Waals surface area contributed by atoms with E-state index in [9.17, 15) is 0 Å². The maximum atomic E-state index is 8.67. The van der Waals surface area contributed by atoms with Crippen molar-refractivity contribution in [2.45, 2.75) is 12.5 Å². The number of nitrogen functional groups attached to an aromatic ring is 2. The number of hydrogen-bond donors (Lipinski definition) is 4. The zero-order valence-electron chi connectivity index (χ0n) is 7.27. The van der Waals surface area contributed by atoms with Crippen molar-refractivity contribution < 1.29 is 5.11 Å². The number of aromatic nitrogens is 1. The summed E-state index contributed by atoms with van der Waals surface area (Å²) < 4.78 is 0. The molecule has 0 aliphatic heterocycles. The summed E-state index contributed by atoms with van der Waals surface area (Å²) in [6.07, 6.45) is 2.07. The summed E-state index contributed by atoms with van der Waals surface area (Å²) in [5.41, 5.74) is 17.9. The lowest BCUT2D eigenvalue weighted by molar-refractivity contribution is 0.276. The van der Waals surface area contributed by atoms with Crippen molar-refractivity contribution in [2.75, 3.05) is 18.1 Å². The van der Waals surface area contributed by atoms with E-state index in [4.69, 9.17) is 22.3 Å². The van der Waals surface area contributed by atoms with E-state index in [2.05, 4.69) is 4.98 Å². The van der Waals surface area contributed by atoms with Crippen molar-refractivity contribution in [1.29, 1.82) is 0 Å². The number of anilines is 2. The molecule has 1 aromatic rings. The molecule has 0 aliphatic rings. The quantitative estimate of drug-likeness (QED) is 0.509. The summed E-state index contributed by atoms with van der Waals surface area (Å²) in [7, 11) is 0. The molecule has 0 amide bonds. The van der Waals surface area contributed by atoms with Gasteiger partial charge in [0.25, 0.3) is 0 Å². The zero-order chi connectivity index (χ0) is 9.84. The fraction of sp³-hybridized carbons (Fsp3) is 0.375. The third-order valence-corrected chi connectivity index (χ3v) is 1.84. The first kappa shape index (κ1) is 9.76. The van der Waals surface area contributed by atoms with Crippen molar-refractivity contribution in [1.82, 2.24) is 4.98 Å². The molecular weight excluding hydrogens is 168 g/mol. The molecule has 1 atom stereocenters. The van der Waals surface area contributed by atoms with Gasteiger partial charge in [-0.3, -0.25) is 0 Å². The van der Waals surface area contributed by atoms with E-state index in [1.165, 1.54) is 0 Å². The number of nitrogens with zero attached hydrogens (tertiary/aromatic N) is 1. The molecule has 5 nitrogen and oxygen atoms in total. The van der Waals surface area contributed by atoms with Crippen molar-refractivity contribution in [2.24, 2.45) is 5.73 Å². The van der Waals surface area contributed by atoms with Gasteiger partial charge in [0, 0.05) is 18.8 Å². The molecule has 13 heavy (non-hydrogen) atoms. The van der Waals surface area contributed by atoms with Gasteiger partial charge in [0.15, 0.2) is 0 Å². The van der Waals surface area contributed by atoms with Crippen LogP contribution in [-0.2, 0) is 0 Å². The Hall–Kier alpha value is -1.33. The second kappa shape index (κ2) is 4.06. The minimum absolute atomic E-state index is 0.0471. The maximum absolute atomic E-state index is 8.67. The predicted molar refractivity (Wildman–Crippen MR) is 51.7 cm³/mol. The van der Waals surface area contributed by atoms with Gasteiger partial charge in [0.1, 0.15) is 5.82 Å². The van der Waals surface area contributed by atoms with E-state index < -0.39 is 0 Å². The number of rotatable bonds is 3. The molecule has 0 saturated carbocycles. The monoisotopic (exact) mass is 182 g/mol. The SMILES string of the molecule is Nc1cc([C@@H](N)CCO)cnc1N. The van der Waals surface area contributed by atoms with Crippen LogP contribution in [0.4, 0.5) is 11.5 Å². The molecule has 0 spiro atoms. The highest BCUT2D eigenvalue weighted by Gasteiger charge is 2.07.